The summed E-state index contributed by atoms with van der Waals surface area (Å²) in [4.78, 5) is 32.1. The average Bonchev–Trinajstić information content (AvgIpc) is 3.36. The summed E-state index contributed by atoms with van der Waals surface area (Å²) in [6, 6.07) is 9.17. The van der Waals surface area contributed by atoms with E-state index < -0.39 is 0 Å². The number of rotatable bonds is 4. The third-order valence-electron chi connectivity index (χ3n) is 5.56. The van der Waals surface area contributed by atoms with Crippen LogP contribution in [0.4, 0.5) is 4.79 Å². The predicted octanol–water partition coefficient (Wildman–Crippen LogP) is 3.30. The molecule has 3 heterocycles. The highest BCUT2D eigenvalue weighted by Crippen LogP contribution is 2.20. The van der Waals surface area contributed by atoms with E-state index >= 15 is 0 Å². The van der Waals surface area contributed by atoms with E-state index in [0.29, 0.717) is 30.4 Å². The number of nitrogens with one attached hydrogen (secondary N) is 3. The molecule has 1 atom stereocenters. The van der Waals surface area contributed by atoms with Crippen LogP contribution in [0.3, 0.4) is 0 Å². The Balaban J connectivity index is 1.35. The Bertz CT molecular complexity index is 1070. The van der Waals surface area contributed by atoms with Crippen LogP contribution in [0.15, 0.2) is 30.3 Å². The van der Waals surface area contributed by atoms with E-state index in [0.717, 1.165) is 35.1 Å². The van der Waals surface area contributed by atoms with E-state index in [2.05, 4.69) is 20.5 Å². The van der Waals surface area contributed by atoms with Gasteiger partial charge in [-0.05, 0) is 50.1 Å². The molecule has 1 fully saturated rings. The standard InChI is InChI=1S/C21H25ClN6O2/c1-13-8-19(26-25-13)20(29)28-7-3-4-17(12-28)27(2)21(30)23-11-16-10-14-9-15(22)5-6-18(14)24-16/h5-6,8-10,17,24H,3-4,7,11-12H2,1-2H3,(H,23,30)(H,25,26). The third-order valence-corrected chi connectivity index (χ3v) is 5.79. The van der Waals surface area contributed by atoms with Crippen LogP contribution in [-0.2, 0) is 6.54 Å². The number of urea groups is 1. The van der Waals surface area contributed by atoms with Gasteiger partial charge < -0.3 is 20.1 Å². The monoisotopic (exact) mass is 428 g/mol. The zero-order valence-electron chi connectivity index (χ0n) is 17.0. The number of H-pyrrole nitrogens is 2. The van der Waals surface area contributed by atoms with Crippen LogP contribution in [-0.4, -0.2) is 63.1 Å². The number of piperidine rings is 1. The van der Waals surface area contributed by atoms with E-state index in [9.17, 15) is 9.59 Å². The van der Waals surface area contributed by atoms with Crippen LogP contribution >= 0.6 is 11.6 Å². The SMILES string of the molecule is Cc1cc(C(=O)N2CCCC(N(C)C(=O)NCc3cc4cc(Cl)ccc4[nH]3)C2)[nH]n1. The van der Waals surface area contributed by atoms with E-state index in [1.54, 1.807) is 22.9 Å². The molecular weight excluding hydrogens is 404 g/mol. The summed E-state index contributed by atoms with van der Waals surface area (Å²) in [6.45, 7) is 3.41. The summed E-state index contributed by atoms with van der Waals surface area (Å²) in [6.07, 6.45) is 1.71. The van der Waals surface area contributed by atoms with E-state index in [1.807, 2.05) is 31.2 Å². The molecule has 2 aromatic heterocycles. The van der Waals surface area contributed by atoms with Crippen molar-refractivity contribution in [3.05, 3.63) is 52.4 Å². The van der Waals surface area contributed by atoms with Crippen molar-refractivity contribution in [2.75, 3.05) is 20.1 Å². The Kier molecular flexibility index (Phi) is 5.67. The van der Waals surface area contributed by atoms with Crippen molar-refractivity contribution in [3.8, 4) is 0 Å². The highest BCUT2D eigenvalue weighted by molar-refractivity contribution is 6.31. The zero-order valence-corrected chi connectivity index (χ0v) is 17.8. The van der Waals surface area contributed by atoms with Crippen LogP contribution in [0, 0.1) is 6.92 Å². The van der Waals surface area contributed by atoms with Gasteiger partial charge in [0.25, 0.3) is 5.91 Å². The fourth-order valence-electron chi connectivity index (χ4n) is 3.88. The first-order chi connectivity index (χ1) is 14.4. The minimum absolute atomic E-state index is 0.0340. The summed E-state index contributed by atoms with van der Waals surface area (Å²) in [5, 5.41) is 11.5. The number of hydrogen-bond acceptors (Lipinski definition) is 3. The van der Waals surface area contributed by atoms with Crippen molar-refractivity contribution < 1.29 is 9.59 Å². The van der Waals surface area contributed by atoms with Crippen molar-refractivity contribution in [2.45, 2.75) is 32.4 Å². The van der Waals surface area contributed by atoms with Crippen LogP contribution in [0.1, 0.15) is 34.7 Å². The molecular formula is C21H25ClN6O2. The maximum Gasteiger partial charge on any atom is 0.317 e. The summed E-state index contributed by atoms with van der Waals surface area (Å²) in [5.41, 5.74) is 3.15. The van der Waals surface area contributed by atoms with Gasteiger partial charge in [0.1, 0.15) is 5.69 Å². The van der Waals surface area contributed by atoms with Gasteiger partial charge >= 0.3 is 6.03 Å². The Labute approximate surface area is 179 Å². The Hall–Kier alpha value is -3.00. The number of benzene rings is 1. The second-order valence-electron chi connectivity index (χ2n) is 7.77. The molecule has 1 aliphatic rings. The number of likely N-dealkylation sites (N-methyl/N-ethyl adjacent to an activating group) is 1. The highest BCUT2D eigenvalue weighted by atomic mass is 35.5. The molecule has 9 heteroatoms. The highest BCUT2D eigenvalue weighted by Gasteiger charge is 2.29. The largest absolute Gasteiger partial charge is 0.357 e. The van der Waals surface area contributed by atoms with E-state index in [1.165, 1.54) is 0 Å². The van der Waals surface area contributed by atoms with Crippen LogP contribution in [0.2, 0.25) is 5.02 Å². The number of hydrogen-bond donors (Lipinski definition) is 3. The lowest BCUT2D eigenvalue weighted by atomic mass is 10.0. The number of halogens is 1. The molecule has 3 aromatic rings. The minimum atomic E-state index is -0.164. The minimum Gasteiger partial charge on any atom is -0.357 e. The third kappa shape index (κ3) is 4.28. The second-order valence-corrected chi connectivity index (χ2v) is 8.20. The van der Waals surface area contributed by atoms with Crippen LogP contribution in [0.25, 0.3) is 10.9 Å². The van der Waals surface area contributed by atoms with Crippen LogP contribution in [0.5, 0.6) is 0 Å². The van der Waals surface area contributed by atoms with E-state index in [4.69, 9.17) is 11.6 Å². The molecule has 1 aliphatic heterocycles. The van der Waals surface area contributed by atoms with Gasteiger partial charge in [0.2, 0.25) is 0 Å². The molecule has 3 N–H and O–H groups in total. The number of carbonyl (C=O) groups excluding carboxylic acids is 2. The molecule has 158 valence electrons. The van der Waals surface area contributed by atoms with Gasteiger partial charge in [-0.1, -0.05) is 11.6 Å². The molecule has 30 heavy (non-hydrogen) atoms. The van der Waals surface area contributed by atoms with Gasteiger partial charge in [0, 0.05) is 41.8 Å². The summed E-state index contributed by atoms with van der Waals surface area (Å²) >= 11 is 6.03. The molecule has 1 saturated heterocycles. The average molecular weight is 429 g/mol. The number of carbonyl (C=O) groups is 2. The number of aromatic amines is 2. The molecule has 8 nitrogen and oxygen atoms in total. The number of aryl methyl sites for hydroxylation is 1. The molecule has 0 radical (unpaired) electrons. The molecule has 0 saturated carbocycles. The topological polar surface area (TPSA) is 97.1 Å². The summed E-state index contributed by atoms with van der Waals surface area (Å²) < 4.78 is 0. The number of fused-ring (bicyclic) bond motifs is 1. The molecule has 1 unspecified atom stereocenters. The van der Waals surface area contributed by atoms with Gasteiger partial charge in [-0.2, -0.15) is 5.10 Å². The number of nitrogens with zero attached hydrogens (tertiary/aromatic N) is 3. The predicted molar refractivity (Wildman–Crippen MR) is 116 cm³/mol. The Morgan fingerprint density at radius 1 is 1.33 bits per heavy atom. The smallest absolute Gasteiger partial charge is 0.317 e. The van der Waals surface area contributed by atoms with Gasteiger partial charge in [0.15, 0.2) is 0 Å². The van der Waals surface area contributed by atoms with Crippen molar-refractivity contribution in [2.24, 2.45) is 0 Å². The number of aromatic nitrogens is 3. The maximum absolute atomic E-state index is 12.7. The fraction of sp³-hybridized carbons (Fsp3) is 0.381. The lowest BCUT2D eigenvalue weighted by molar-refractivity contribution is 0.0630. The molecule has 0 aliphatic carbocycles. The summed E-state index contributed by atoms with van der Waals surface area (Å²) in [7, 11) is 1.78. The number of amides is 3. The van der Waals surface area contributed by atoms with Gasteiger partial charge in [-0.25, -0.2) is 4.79 Å². The van der Waals surface area contributed by atoms with Crippen molar-refractivity contribution in [1.82, 2.24) is 30.3 Å². The normalized spacial score (nSPS) is 16.6. The van der Waals surface area contributed by atoms with Crippen LogP contribution < -0.4 is 5.32 Å². The van der Waals surface area contributed by atoms with Gasteiger partial charge in [0.05, 0.1) is 18.3 Å². The number of likely N-dealkylation sites (tertiary alicyclic amines) is 1. The Morgan fingerprint density at radius 2 is 2.17 bits per heavy atom. The Morgan fingerprint density at radius 3 is 2.93 bits per heavy atom. The van der Waals surface area contributed by atoms with Crippen molar-refractivity contribution in [1.29, 1.82) is 0 Å². The maximum atomic E-state index is 12.7. The lowest BCUT2D eigenvalue weighted by Crippen LogP contribution is -2.52. The molecule has 1 aromatic carbocycles. The second kappa shape index (κ2) is 8.39. The lowest BCUT2D eigenvalue weighted by Gasteiger charge is -2.37. The molecule has 0 bridgehead atoms. The van der Waals surface area contributed by atoms with Crippen molar-refractivity contribution in [3.63, 3.8) is 0 Å². The summed E-state index contributed by atoms with van der Waals surface area (Å²) in [5.74, 6) is -0.0779. The quantitative estimate of drug-likeness (QED) is 0.594. The fourth-order valence-corrected chi connectivity index (χ4v) is 4.06. The molecule has 0 spiro atoms. The van der Waals surface area contributed by atoms with Gasteiger partial charge in [-0.15, -0.1) is 0 Å². The first kappa shape index (κ1) is 20.3. The van der Waals surface area contributed by atoms with Gasteiger partial charge in [-0.3, -0.25) is 9.89 Å². The first-order valence-electron chi connectivity index (χ1n) is 10.00. The molecule has 3 amide bonds. The zero-order chi connectivity index (χ0) is 21.3. The van der Waals surface area contributed by atoms with Crippen molar-refractivity contribution >= 4 is 34.4 Å². The molecule has 4 rings (SSSR count). The first-order valence-corrected chi connectivity index (χ1v) is 10.4. The van der Waals surface area contributed by atoms with E-state index in [-0.39, 0.29) is 18.0 Å².